The summed E-state index contributed by atoms with van der Waals surface area (Å²) in [5.74, 6) is 0.246. The van der Waals surface area contributed by atoms with Crippen LogP contribution in [0.3, 0.4) is 0 Å². The number of azo groups is 1. The minimum Gasteiger partial charge on any atom is -0.184 e. The number of nitrogens with zero attached hydrogens (tertiary/aromatic N) is 2. The molecule has 1 aliphatic rings. The molecule has 5 rings (SSSR count). The normalized spacial score (nSPS) is 12.9. The average Bonchev–Trinajstić information content (AvgIpc) is 3.09. The van der Waals surface area contributed by atoms with Gasteiger partial charge in [-0.3, -0.25) is 0 Å². The lowest BCUT2D eigenvalue weighted by Crippen LogP contribution is -2.03. The van der Waals surface area contributed by atoms with E-state index in [1.54, 1.807) is 0 Å². The molecule has 2 heteroatoms. The Bertz CT molecular complexity index is 1100. The zero-order chi connectivity index (χ0) is 18.8. The lowest BCUT2D eigenvalue weighted by Gasteiger charge is -2.17. The predicted octanol–water partition coefficient (Wildman–Crippen LogP) is 7.13. The highest BCUT2D eigenvalue weighted by Crippen LogP contribution is 2.48. The van der Waals surface area contributed by atoms with Gasteiger partial charge in [-0.15, -0.1) is 0 Å². The van der Waals surface area contributed by atoms with E-state index in [4.69, 9.17) is 0 Å². The van der Waals surface area contributed by atoms with Crippen LogP contribution >= 0.6 is 0 Å². The molecule has 0 unspecified atom stereocenters. The second kappa shape index (κ2) is 7.24. The molecule has 4 aromatic carbocycles. The smallest absolute Gasteiger partial charge is 0.0856 e. The number of hydrogen-bond donors (Lipinski definition) is 0. The highest BCUT2D eigenvalue weighted by atomic mass is 15.1. The van der Waals surface area contributed by atoms with Gasteiger partial charge in [0.2, 0.25) is 0 Å². The van der Waals surface area contributed by atoms with Crippen LogP contribution in [0.15, 0.2) is 113 Å². The Morgan fingerprint density at radius 1 is 0.536 bits per heavy atom. The first-order valence-corrected chi connectivity index (χ1v) is 9.60. The number of hydrogen-bond acceptors (Lipinski definition) is 2. The molecule has 0 aromatic heterocycles. The molecule has 28 heavy (non-hydrogen) atoms. The summed E-state index contributed by atoms with van der Waals surface area (Å²) < 4.78 is 0. The van der Waals surface area contributed by atoms with Gasteiger partial charge in [-0.1, -0.05) is 91.0 Å². The summed E-state index contributed by atoms with van der Waals surface area (Å²) in [6.45, 7) is 0.575. The standard InChI is InChI=1S/C26H20N2/c1-2-11-20(12-3-1)28-27-18-19-10-4-5-13-21(19)26-24-16-8-6-14-22(24)23-15-7-9-17-25(23)26/h1-17,26H,18H2. The molecular weight excluding hydrogens is 340 g/mol. The first-order valence-electron chi connectivity index (χ1n) is 9.60. The molecule has 0 aliphatic heterocycles. The second-order valence-corrected chi connectivity index (χ2v) is 7.04. The minimum absolute atomic E-state index is 0.246. The van der Waals surface area contributed by atoms with Gasteiger partial charge in [-0.25, -0.2) is 0 Å². The molecule has 0 saturated carbocycles. The third-order valence-corrected chi connectivity index (χ3v) is 5.38. The van der Waals surface area contributed by atoms with E-state index < -0.39 is 0 Å². The van der Waals surface area contributed by atoms with Gasteiger partial charge in [0.1, 0.15) is 0 Å². The molecule has 0 atom stereocenters. The van der Waals surface area contributed by atoms with E-state index in [0.29, 0.717) is 6.54 Å². The van der Waals surface area contributed by atoms with Crippen LogP contribution in [0, 0.1) is 0 Å². The van der Waals surface area contributed by atoms with Crippen molar-refractivity contribution in [1.82, 2.24) is 0 Å². The van der Waals surface area contributed by atoms with E-state index in [9.17, 15) is 0 Å². The molecule has 4 aromatic rings. The Morgan fingerprint density at radius 2 is 1.07 bits per heavy atom. The molecular formula is C26H20N2. The van der Waals surface area contributed by atoms with Crippen molar-refractivity contribution >= 4 is 5.69 Å². The lowest BCUT2D eigenvalue weighted by atomic mass is 9.86. The molecule has 0 heterocycles. The zero-order valence-electron chi connectivity index (χ0n) is 15.5. The van der Waals surface area contributed by atoms with Gasteiger partial charge in [0.25, 0.3) is 0 Å². The van der Waals surface area contributed by atoms with Crippen LogP contribution in [0.4, 0.5) is 5.69 Å². The molecule has 0 saturated heterocycles. The zero-order valence-corrected chi connectivity index (χ0v) is 15.5. The maximum atomic E-state index is 4.48. The van der Waals surface area contributed by atoms with Crippen LogP contribution < -0.4 is 0 Å². The molecule has 0 N–H and O–H groups in total. The highest BCUT2D eigenvalue weighted by molar-refractivity contribution is 5.80. The third kappa shape index (κ3) is 2.93. The van der Waals surface area contributed by atoms with Crippen LogP contribution in [0.2, 0.25) is 0 Å². The van der Waals surface area contributed by atoms with Crippen molar-refractivity contribution in [2.75, 3.05) is 0 Å². The Morgan fingerprint density at radius 3 is 1.75 bits per heavy atom. The van der Waals surface area contributed by atoms with Gasteiger partial charge >= 0.3 is 0 Å². The second-order valence-electron chi connectivity index (χ2n) is 7.04. The van der Waals surface area contributed by atoms with Gasteiger partial charge in [0.05, 0.1) is 12.2 Å². The summed E-state index contributed by atoms with van der Waals surface area (Å²) in [5.41, 5.74) is 8.84. The van der Waals surface area contributed by atoms with Crippen molar-refractivity contribution in [2.45, 2.75) is 12.5 Å². The van der Waals surface area contributed by atoms with Crippen molar-refractivity contribution in [1.29, 1.82) is 0 Å². The van der Waals surface area contributed by atoms with Gasteiger partial charge in [0.15, 0.2) is 0 Å². The third-order valence-electron chi connectivity index (χ3n) is 5.38. The van der Waals surface area contributed by atoms with Crippen LogP contribution in [-0.2, 0) is 6.54 Å². The number of benzene rings is 4. The van der Waals surface area contributed by atoms with E-state index in [-0.39, 0.29) is 5.92 Å². The quantitative estimate of drug-likeness (QED) is 0.305. The van der Waals surface area contributed by atoms with E-state index in [2.05, 4.69) is 83.0 Å². The highest BCUT2D eigenvalue weighted by Gasteiger charge is 2.30. The van der Waals surface area contributed by atoms with Crippen molar-refractivity contribution in [3.8, 4) is 11.1 Å². The van der Waals surface area contributed by atoms with E-state index in [0.717, 1.165) is 5.69 Å². The summed E-state index contributed by atoms with van der Waals surface area (Å²) in [5, 5.41) is 8.86. The van der Waals surface area contributed by atoms with Crippen molar-refractivity contribution in [2.24, 2.45) is 10.2 Å². The Kier molecular flexibility index (Phi) is 4.30. The van der Waals surface area contributed by atoms with E-state index >= 15 is 0 Å². The Labute approximate surface area is 165 Å². The molecule has 0 fully saturated rings. The number of fused-ring (bicyclic) bond motifs is 3. The van der Waals surface area contributed by atoms with Gasteiger partial charge in [-0.05, 0) is 45.5 Å². The molecule has 0 bridgehead atoms. The van der Waals surface area contributed by atoms with Crippen LogP contribution in [0.25, 0.3) is 11.1 Å². The monoisotopic (exact) mass is 360 g/mol. The van der Waals surface area contributed by atoms with Crippen LogP contribution in [0.5, 0.6) is 0 Å². The Hall–Kier alpha value is -3.52. The molecule has 0 spiro atoms. The van der Waals surface area contributed by atoms with Gasteiger partial charge < -0.3 is 0 Å². The molecule has 134 valence electrons. The van der Waals surface area contributed by atoms with Gasteiger partial charge in [-0.2, -0.15) is 10.2 Å². The first-order chi connectivity index (χ1) is 13.9. The average molecular weight is 360 g/mol. The predicted molar refractivity (Wildman–Crippen MR) is 114 cm³/mol. The van der Waals surface area contributed by atoms with Gasteiger partial charge in [0, 0.05) is 5.92 Å². The largest absolute Gasteiger partial charge is 0.184 e. The SMILES string of the molecule is c1ccc(N=NCc2ccccc2C2c3ccccc3-c3ccccc32)cc1. The van der Waals surface area contributed by atoms with Crippen molar-refractivity contribution in [3.63, 3.8) is 0 Å². The van der Waals surface area contributed by atoms with E-state index in [1.807, 2.05) is 30.3 Å². The van der Waals surface area contributed by atoms with Crippen LogP contribution in [-0.4, -0.2) is 0 Å². The maximum absolute atomic E-state index is 4.48. The summed E-state index contributed by atoms with van der Waals surface area (Å²) in [6.07, 6.45) is 0. The fourth-order valence-electron chi connectivity index (χ4n) is 4.14. The molecule has 2 nitrogen and oxygen atoms in total. The number of rotatable bonds is 4. The minimum atomic E-state index is 0.246. The lowest BCUT2D eigenvalue weighted by molar-refractivity contribution is 0.907. The molecule has 1 aliphatic carbocycles. The molecule has 0 amide bonds. The van der Waals surface area contributed by atoms with Crippen molar-refractivity contribution < 1.29 is 0 Å². The fraction of sp³-hybridized carbons (Fsp3) is 0.0769. The van der Waals surface area contributed by atoms with E-state index in [1.165, 1.54) is 33.4 Å². The topological polar surface area (TPSA) is 24.7 Å². The summed E-state index contributed by atoms with van der Waals surface area (Å²) in [6, 6.07) is 36.0. The summed E-state index contributed by atoms with van der Waals surface area (Å²) in [4.78, 5) is 0. The first kappa shape index (κ1) is 16.6. The summed E-state index contributed by atoms with van der Waals surface area (Å²) in [7, 11) is 0. The van der Waals surface area contributed by atoms with Crippen molar-refractivity contribution in [3.05, 3.63) is 125 Å². The maximum Gasteiger partial charge on any atom is 0.0856 e. The summed E-state index contributed by atoms with van der Waals surface area (Å²) >= 11 is 0. The fourth-order valence-corrected chi connectivity index (χ4v) is 4.14. The molecule has 0 radical (unpaired) electrons. The Balaban J connectivity index is 1.55. The van der Waals surface area contributed by atoms with Crippen LogP contribution in [0.1, 0.15) is 28.2 Å².